The number of carbonyl (C=O) groups excluding carboxylic acids is 1. The summed E-state index contributed by atoms with van der Waals surface area (Å²) in [5, 5.41) is 9.72. The highest BCUT2D eigenvalue weighted by molar-refractivity contribution is 5.99. The van der Waals surface area contributed by atoms with Crippen molar-refractivity contribution >= 4 is 28.5 Å². The van der Waals surface area contributed by atoms with Crippen molar-refractivity contribution in [3.05, 3.63) is 48.4 Å². The minimum absolute atomic E-state index is 0.00440. The van der Waals surface area contributed by atoms with Gasteiger partial charge < -0.3 is 24.2 Å². The number of anilines is 1. The lowest BCUT2D eigenvalue weighted by Crippen LogP contribution is -2.25. The molecule has 9 heteroatoms. The number of hydrogen-bond donors (Lipinski definition) is 1. The van der Waals surface area contributed by atoms with Gasteiger partial charge in [-0.1, -0.05) is 0 Å². The van der Waals surface area contributed by atoms with Crippen LogP contribution in [-0.2, 0) is 9.59 Å². The average molecular weight is 426 g/mol. The number of amides is 1. The van der Waals surface area contributed by atoms with Crippen LogP contribution in [0.3, 0.4) is 0 Å². The van der Waals surface area contributed by atoms with Crippen molar-refractivity contribution in [2.24, 2.45) is 5.92 Å². The van der Waals surface area contributed by atoms with Gasteiger partial charge in [0.1, 0.15) is 5.75 Å². The molecule has 1 aliphatic heterocycles. The Morgan fingerprint density at radius 3 is 2.48 bits per heavy atom. The number of pyridine rings is 1. The summed E-state index contributed by atoms with van der Waals surface area (Å²) < 4.78 is 31.2. The fourth-order valence-electron chi connectivity index (χ4n) is 3.52. The van der Waals surface area contributed by atoms with Crippen molar-refractivity contribution in [2.75, 3.05) is 25.7 Å². The molecule has 1 fully saturated rings. The zero-order valence-corrected chi connectivity index (χ0v) is 16.8. The second-order valence-corrected chi connectivity index (χ2v) is 6.99. The highest BCUT2D eigenvalue weighted by Crippen LogP contribution is 2.38. The molecule has 2 heterocycles. The molecule has 1 amide bonds. The Kier molecular flexibility index (Phi) is 5.33. The number of ether oxygens (including phenoxy) is 3. The summed E-state index contributed by atoms with van der Waals surface area (Å²) in [7, 11) is 3.03. The smallest absolute Gasteiger partial charge is 0.308 e. The van der Waals surface area contributed by atoms with Gasteiger partial charge in [-0.05, 0) is 24.3 Å². The van der Waals surface area contributed by atoms with Gasteiger partial charge in [-0.3, -0.25) is 14.6 Å². The first kappa shape index (κ1) is 20.4. The van der Waals surface area contributed by atoms with E-state index in [1.165, 1.54) is 37.4 Å². The predicted octanol–water partition coefficient (Wildman–Crippen LogP) is 3.62. The summed E-state index contributed by atoms with van der Waals surface area (Å²) in [4.78, 5) is 28.8. The van der Waals surface area contributed by atoms with Crippen LogP contribution in [0.1, 0.15) is 6.42 Å². The Labute approximate surface area is 176 Å². The van der Waals surface area contributed by atoms with Crippen molar-refractivity contribution in [1.29, 1.82) is 0 Å². The number of benzene rings is 2. The van der Waals surface area contributed by atoms with Crippen LogP contribution in [0.2, 0.25) is 0 Å². The summed E-state index contributed by atoms with van der Waals surface area (Å²) in [6.45, 7) is 0.00440. The molecular weight excluding hydrogens is 407 g/mol. The minimum atomic E-state index is -1.05. The molecule has 1 aliphatic rings. The number of methoxy groups -OCH3 is 2. The normalized spacial score (nSPS) is 15.9. The first-order valence-electron chi connectivity index (χ1n) is 9.42. The van der Waals surface area contributed by atoms with Crippen LogP contribution in [0.5, 0.6) is 23.0 Å². The Bertz CT molecular complexity index is 1180. The Morgan fingerprint density at radius 1 is 1.10 bits per heavy atom. The molecule has 0 radical (unpaired) electrons. The van der Waals surface area contributed by atoms with E-state index < -0.39 is 17.7 Å². The van der Waals surface area contributed by atoms with E-state index in [2.05, 4.69) is 4.98 Å². The molecule has 1 N–H and O–H groups in total. The van der Waals surface area contributed by atoms with Crippen molar-refractivity contribution in [1.82, 2.24) is 4.98 Å². The number of rotatable bonds is 6. The van der Waals surface area contributed by atoms with Crippen LogP contribution in [0.25, 0.3) is 10.9 Å². The average Bonchev–Trinajstić information content (AvgIpc) is 3.16. The summed E-state index contributed by atoms with van der Waals surface area (Å²) in [5.41, 5.74) is 0.860. The van der Waals surface area contributed by atoms with Gasteiger partial charge in [-0.25, -0.2) is 4.39 Å². The summed E-state index contributed by atoms with van der Waals surface area (Å²) >= 11 is 0. The minimum Gasteiger partial charge on any atom is -0.493 e. The topological polar surface area (TPSA) is 98.2 Å². The van der Waals surface area contributed by atoms with Gasteiger partial charge in [-0.2, -0.15) is 0 Å². The van der Waals surface area contributed by atoms with Crippen molar-refractivity contribution in [2.45, 2.75) is 6.42 Å². The number of carboxylic acid groups (broad SMARTS) is 1. The Hall–Kier alpha value is -3.88. The van der Waals surface area contributed by atoms with Gasteiger partial charge in [0.25, 0.3) is 0 Å². The Balaban J connectivity index is 1.64. The van der Waals surface area contributed by atoms with Crippen LogP contribution in [0.4, 0.5) is 10.1 Å². The molecule has 31 heavy (non-hydrogen) atoms. The van der Waals surface area contributed by atoms with Crippen LogP contribution in [-0.4, -0.2) is 42.7 Å². The van der Waals surface area contributed by atoms with Crippen molar-refractivity contribution in [3.8, 4) is 23.0 Å². The van der Waals surface area contributed by atoms with Gasteiger partial charge in [0, 0.05) is 42.4 Å². The molecule has 0 spiro atoms. The maximum Gasteiger partial charge on any atom is 0.308 e. The second-order valence-electron chi connectivity index (χ2n) is 6.99. The van der Waals surface area contributed by atoms with Crippen LogP contribution < -0.4 is 19.1 Å². The van der Waals surface area contributed by atoms with Crippen LogP contribution in [0.15, 0.2) is 42.6 Å². The molecule has 3 aromatic rings. The third-order valence-electron chi connectivity index (χ3n) is 5.13. The molecule has 4 rings (SSSR count). The molecule has 1 atom stereocenters. The number of halogens is 1. The van der Waals surface area contributed by atoms with E-state index in [0.717, 1.165) is 6.07 Å². The quantitative estimate of drug-likeness (QED) is 0.643. The highest BCUT2D eigenvalue weighted by atomic mass is 19.1. The van der Waals surface area contributed by atoms with E-state index >= 15 is 0 Å². The largest absolute Gasteiger partial charge is 0.493 e. The van der Waals surface area contributed by atoms with Crippen LogP contribution >= 0.6 is 0 Å². The fraction of sp³-hybridized carbons (Fsp3) is 0.227. The van der Waals surface area contributed by atoms with E-state index in [-0.39, 0.29) is 30.3 Å². The van der Waals surface area contributed by atoms with E-state index in [4.69, 9.17) is 19.3 Å². The number of aliphatic carboxylic acids is 1. The second kappa shape index (κ2) is 8.10. The van der Waals surface area contributed by atoms with E-state index in [1.807, 2.05) is 0 Å². The highest BCUT2D eigenvalue weighted by Gasteiger charge is 2.35. The van der Waals surface area contributed by atoms with E-state index in [9.17, 15) is 14.0 Å². The van der Waals surface area contributed by atoms with E-state index in [1.54, 1.807) is 18.2 Å². The number of aromatic nitrogens is 1. The standard InChI is InChI=1S/C22H19FN2O6/c1-29-19-9-14-16(10-20(19)30-2)24-6-5-17(14)31-18-4-3-13(8-15(18)23)25-11-12(22(27)28)7-21(25)26/h3-6,8-10,12H,7,11H2,1-2H3,(H,27,28)/t12-/m1/s1. The number of hydrogen-bond acceptors (Lipinski definition) is 6. The molecule has 8 nitrogen and oxygen atoms in total. The van der Waals surface area contributed by atoms with Crippen molar-refractivity contribution < 1.29 is 33.3 Å². The molecule has 0 unspecified atom stereocenters. The molecule has 1 saturated heterocycles. The summed E-state index contributed by atoms with van der Waals surface area (Å²) in [5.74, 6) is -1.60. The molecule has 0 saturated carbocycles. The number of nitrogens with zero attached hydrogens (tertiary/aromatic N) is 2. The lowest BCUT2D eigenvalue weighted by molar-refractivity contribution is -0.141. The van der Waals surface area contributed by atoms with Gasteiger partial charge in [0.2, 0.25) is 5.91 Å². The SMILES string of the molecule is COc1cc2nccc(Oc3ccc(N4C[C@H](C(=O)O)CC4=O)cc3F)c2cc1OC. The lowest BCUT2D eigenvalue weighted by Gasteiger charge is -2.17. The maximum absolute atomic E-state index is 14.8. The van der Waals surface area contributed by atoms with Crippen molar-refractivity contribution in [3.63, 3.8) is 0 Å². The number of carbonyl (C=O) groups is 2. The van der Waals surface area contributed by atoms with Gasteiger partial charge in [0.15, 0.2) is 23.1 Å². The zero-order valence-electron chi connectivity index (χ0n) is 16.8. The lowest BCUT2D eigenvalue weighted by atomic mass is 10.1. The first-order valence-corrected chi connectivity index (χ1v) is 9.42. The molecular formula is C22H19FN2O6. The summed E-state index contributed by atoms with van der Waals surface area (Å²) in [6, 6.07) is 9.07. The molecule has 1 aromatic heterocycles. The molecule has 0 aliphatic carbocycles. The Morgan fingerprint density at radius 2 is 1.84 bits per heavy atom. The molecule has 160 valence electrons. The molecule has 2 aromatic carbocycles. The van der Waals surface area contributed by atoms with Crippen LogP contribution in [0, 0.1) is 11.7 Å². The van der Waals surface area contributed by atoms with E-state index in [0.29, 0.717) is 28.2 Å². The fourth-order valence-corrected chi connectivity index (χ4v) is 3.52. The zero-order chi connectivity index (χ0) is 22.1. The third-order valence-corrected chi connectivity index (χ3v) is 5.13. The maximum atomic E-state index is 14.8. The first-order chi connectivity index (χ1) is 14.9. The monoisotopic (exact) mass is 426 g/mol. The van der Waals surface area contributed by atoms with Gasteiger partial charge in [-0.15, -0.1) is 0 Å². The predicted molar refractivity (Wildman–Crippen MR) is 109 cm³/mol. The third kappa shape index (κ3) is 3.81. The number of fused-ring (bicyclic) bond motifs is 1. The van der Waals surface area contributed by atoms with Gasteiger partial charge in [0.05, 0.1) is 25.7 Å². The number of carboxylic acids is 1. The molecule has 0 bridgehead atoms. The summed E-state index contributed by atoms with van der Waals surface area (Å²) in [6.07, 6.45) is 1.42. The van der Waals surface area contributed by atoms with Gasteiger partial charge >= 0.3 is 5.97 Å².